The molecule has 1 aliphatic rings. The highest BCUT2D eigenvalue weighted by atomic mass is 16.5. The van der Waals surface area contributed by atoms with Gasteiger partial charge in [-0.15, -0.1) is 0 Å². The lowest BCUT2D eigenvalue weighted by Crippen LogP contribution is -2.36. The van der Waals surface area contributed by atoms with E-state index in [2.05, 4.69) is 4.90 Å². The fraction of sp³-hybridized carbons (Fsp3) is 0.312. The van der Waals surface area contributed by atoms with E-state index in [4.69, 9.17) is 9.47 Å². The molecular formula is C16H18N2O3. The van der Waals surface area contributed by atoms with Crippen LogP contribution in [0.15, 0.2) is 42.7 Å². The molecule has 0 radical (unpaired) electrons. The van der Waals surface area contributed by atoms with Crippen LogP contribution in [0.1, 0.15) is 10.4 Å². The van der Waals surface area contributed by atoms with Crippen molar-refractivity contribution in [2.75, 3.05) is 38.3 Å². The Morgan fingerprint density at radius 3 is 2.52 bits per heavy atom. The number of esters is 1. The first-order valence-electron chi connectivity index (χ1n) is 6.98. The van der Waals surface area contributed by atoms with Crippen molar-refractivity contribution in [1.82, 2.24) is 4.57 Å². The van der Waals surface area contributed by atoms with E-state index in [1.165, 1.54) is 7.11 Å². The molecule has 1 fully saturated rings. The highest BCUT2D eigenvalue weighted by Crippen LogP contribution is 2.27. The Kier molecular flexibility index (Phi) is 3.92. The largest absolute Gasteiger partial charge is 0.465 e. The number of hydrogen-bond acceptors (Lipinski definition) is 4. The highest BCUT2D eigenvalue weighted by Gasteiger charge is 2.17. The molecule has 0 bridgehead atoms. The van der Waals surface area contributed by atoms with E-state index >= 15 is 0 Å². The van der Waals surface area contributed by atoms with Crippen molar-refractivity contribution in [2.45, 2.75) is 0 Å². The van der Waals surface area contributed by atoms with Crippen molar-refractivity contribution in [3.63, 3.8) is 0 Å². The highest BCUT2D eigenvalue weighted by molar-refractivity contribution is 5.91. The molecule has 0 atom stereocenters. The van der Waals surface area contributed by atoms with Crippen LogP contribution in [0.3, 0.4) is 0 Å². The SMILES string of the molecule is COC(=O)c1ccc(N2CCOCC2)c(-n2cccc2)c1. The van der Waals surface area contributed by atoms with Crippen molar-refractivity contribution in [1.29, 1.82) is 0 Å². The molecule has 21 heavy (non-hydrogen) atoms. The second-order valence-electron chi connectivity index (χ2n) is 4.88. The number of ether oxygens (including phenoxy) is 2. The third-order valence-corrected chi connectivity index (χ3v) is 3.63. The Balaban J connectivity index is 2.04. The van der Waals surface area contributed by atoms with Crippen molar-refractivity contribution >= 4 is 11.7 Å². The van der Waals surface area contributed by atoms with Gasteiger partial charge in [-0.3, -0.25) is 0 Å². The van der Waals surface area contributed by atoms with Crippen molar-refractivity contribution in [3.8, 4) is 5.69 Å². The smallest absolute Gasteiger partial charge is 0.337 e. The van der Waals surface area contributed by atoms with Gasteiger partial charge in [0, 0.05) is 25.5 Å². The molecule has 110 valence electrons. The van der Waals surface area contributed by atoms with E-state index in [9.17, 15) is 4.79 Å². The molecular weight excluding hydrogens is 268 g/mol. The van der Waals surface area contributed by atoms with Gasteiger partial charge in [0.15, 0.2) is 0 Å². The Morgan fingerprint density at radius 2 is 1.86 bits per heavy atom. The normalized spacial score (nSPS) is 15.0. The lowest BCUT2D eigenvalue weighted by atomic mass is 10.1. The van der Waals surface area contributed by atoms with Gasteiger partial charge in [-0.25, -0.2) is 4.79 Å². The molecule has 2 heterocycles. The van der Waals surface area contributed by atoms with Gasteiger partial charge in [0.1, 0.15) is 0 Å². The number of hydrogen-bond donors (Lipinski definition) is 0. The fourth-order valence-electron chi connectivity index (χ4n) is 2.54. The Hall–Kier alpha value is -2.27. The number of morpholine rings is 1. The standard InChI is InChI=1S/C16H18N2O3/c1-20-16(19)13-4-5-14(18-8-10-21-11-9-18)15(12-13)17-6-2-3-7-17/h2-7,12H,8-11H2,1H3. The number of anilines is 1. The summed E-state index contributed by atoms with van der Waals surface area (Å²) in [7, 11) is 1.40. The fourth-order valence-corrected chi connectivity index (χ4v) is 2.54. The van der Waals surface area contributed by atoms with Gasteiger partial charge >= 0.3 is 5.97 Å². The molecule has 0 N–H and O–H groups in total. The minimum Gasteiger partial charge on any atom is -0.465 e. The van der Waals surface area contributed by atoms with E-state index in [1.807, 2.05) is 47.3 Å². The zero-order valence-corrected chi connectivity index (χ0v) is 12.0. The quantitative estimate of drug-likeness (QED) is 0.811. The maximum absolute atomic E-state index is 11.8. The molecule has 0 saturated carbocycles. The Morgan fingerprint density at radius 1 is 1.14 bits per heavy atom. The summed E-state index contributed by atoms with van der Waals surface area (Å²) in [5, 5.41) is 0. The monoisotopic (exact) mass is 286 g/mol. The number of carbonyl (C=O) groups is 1. The van der Waals surface area contributed by atoms with E-state index in [0.717, 1.165) is 37.7 Å². The van der Waals surface area contributed by atoms with Crippen molar-refractivity contribution < 1.29 is 14.3 Å². The molecule has 0 unspecified atom stereocenters. The van der Waals surface area contributed by atoms with Crippen LogP contribution in [0.2, 0.25) is 0 Å². The second kappa shape index (κ2) is 6.01. The second-order valence-corrected chi connectivity index (χ2v) is 4.88. The zero-order valence-electron chi connectivity index (χ0n) is 12.0. The van der Waals surface area contributed by atoms with Crippen LogP contribution in [-0.2, 0) is 9.47 Å². The predicted molar refractivity (Wildman–Crippen MR) is 80.1 cm³/mol. The molecule has 0 spiro atoms. The van der Waals surface area contributed by atoms with Crippen molar-refractivity contribution in [3.05, 3.63) is 48.3 Å². The van der Waals surface area contributed by atoms with Crippen LogP contribution in [0, 0.1) is 0 Å². The molecule has 1 aliphatic heterocycles. The molecule has 1 aromatic carbocycles. The minimum absolute atomic E-state index is 0.322. The minimum atomic E-state index is -0.322. The summed E-state index contributed by atoms with van der Waals surface area (Å²) in [4.78, 5) is 14.0. The summed E-state index contributed by atoms with van der Waals surface area (Å²) in [6, 6.07) is 9.59. The predicted octanol–water partition coefficient (Wildman–Crippen LogP) is 2.10. The molecule has 5 nitrogen and oxygen atoms in total. The number of methoxy groups -OCH3 is 1. The summed E-state index contributed by atoms with van der Waals surface area (Å²) in [5.74, 6) is -0.322. The molecule has 5 heteroatoms. The van der Waals surface area contributed by atoms with Gasteiger partial charge in [0.2, 0.25) is 0 Å². The third kappa shape index (κ3) is 2.78. The third-order valence-electron chi connectivity index (χ3n) is 3.63. The summed E-state index contributed by atoms with van der Waals surface area (Å²) in [5.41, 5.74) is 2.63. The van der Waals surface area contributed by atoms with Gasteiger partial charge in [0.05, 0.1) is 37.3 Å². The zero-order chi connectivity index (χ0) is 14.7. The summed E-state index contributed by atoms with van der Waals surface area (Å²) in [6.45, 7) is 3.16. The molecule has 1 saturated heterocycles. The van der Waals surface area contributed by atoms with E-state index in [-0.39, 0.29) is 5.97 Å². The number of aromatic nitrogens is 1. The van der Waals surface area contributed by atoms with Crippen LogP contribution < -0.4 is 4.90 Å². The van der Waals surface area contributed by atoms with Gasteiger partial charge < -0.3 is 18.9 Å². The maximum Gasteiger partial charge on any atom is 0.337 e. The van der Waals surface area contributed by atoms with Crippen LogP contribution in [-0.4, -0.2) is 43.9 Å². The van der Waals surface area contributed by atoms with Crippen molar-refractivity contribution in [2.24, 2.45) is 0 Å². The first-order chi connectivity index (χ1) is 10.3. The van der Waals surface area contributed by atoms with Gasteiger partial charge in [-0.2, -0.15) is 0 Å². The van der Waals surface area contributed by atoms with E-state index < -0.39 is 0 Å². The molecule has 2 aromatic rings. The number of benzene rings is 1. The summed E-state index contributed by atoms with van der Waals surface area (Å²) in [6.07, 6.45) is 3.95. The van der Waals surface area contributed by atoms with Crippen LogP contribution in [0.25, 0.3) is 5.69 Å². The molecule has 3 rings (SSSR count). The lowest BCUT2D eigenvalue weighted by molar-refractivity contribution is 0.0600. The summed E-state index contributed by atoms with van der Waals surface area (Å²) < 4.78 is 12.2. The van der Waals surface area contributed by atoms with Gasteiger partial charge in [0.25, 0.3) is 0 Å². The Labute approximate surface area is 123 Å². The number of carbonyl (C=O) groups excluding carboxylic acids is 1. The van der Waals surface area contributed by atoms with Crippen LogP contribution in [0.4, 0.5) is 5.69 Å². The number of nitrogens with zero attached hydrogens (tertiary/aromatic N) is 2. The topological polar surface area (TPSA) is 43.7 Å². The lowest BCUT2D eigenvalue weighted by Gasteiger charge is -2.30. The van der Waals surface area contributed by atoms with Gasteiger partial charge in [-0.05, 0) is 30.3 Å². The average Bonchev–Trinajstić information content (AvgIpc) is 3.09. The Bertz CT molecular complexity index is 616. The number of rotatable bonds is 3. The average molecular weight is 286 g/mol. The first-order valence-corrected chi connectivity index (χ1v) is 6.98. The van der Waals surface area contributed by atoms with E-state index in [0.29, 0.717) is 5.56 Å². The van der Waals surface area contributed by atoms with Gasteiger partial charge in [-0.1, -0.05) is 0 Å². The first kappa shape index (κ1) is 13.7. The van der Waals surface area contributed by atoms with Crippen LogP contribution >= 0.6 is 0 Å². The van der Waals surface area contributed by atoms with Crippen LogP contribution in [0.5, 0.6) is 0 Å². The van der Waals surface area contributed by atoms with E-state index in [1.54, 1.807) is 0 Å². The summed E-state index contributed by atoms with van der Waals surface area (Å²) >= 11 is 0. The molecule has 0 aliphatic carbocycles. The molecule has 1 aromatic heterocycles. The molecule has 0 amide bonds. The maximum atomic E-state index is 11.8.